The maximum atomic E-state index is 5.71. The van der Waals surface area contributed by atoms with Crippen molar-refractivity contribution in [3.05, 3.63) is 59.2 Å². The lowest BCUT2D eigenvalue weighted by molar-refractivity contribution is 1.34. The Hall–Kier alpha value is -1.87. The fourth-order valence-electron chi connectivity index (χ4n) is 1.78. The summed E-state index contributed by atoms with van der Waals surface area (Å²) in [6.07, 6.45) is 0. The molecule has 0 atom stereocenters. The highest BCUT2D eigenvalue weighted by Gasteiger charge is 2.04. The van der Waals surface area contributed by atoms with Crippen LogP contribution < -0.4 is 11.1 Å². The minimum atomic E-state index is 0.405. The van der Waals surface area contributed by atoms with Crippen LogP contribution in [-0.2, 0) is 0 Å². The average molecular weight is 256 g/mol. The molecule has 2 aromatic carbocycles. The number of rotatable bonds is 3. The molecule has 0 unspecified atom stereocenters. The summed E-state index contributed by atoms with van der Waals surface area (Å²) in [5.74, 6) is 0. The van der Waals surface area contributed by atoms with Crippen molar-refractivity contribution in [2.75, 3.05) is 5.32 Å². The van der Waals surface area contributed by atoms with Gasteiger partial charge in [0.2, 0.25) is 0 Å². The summed E-state index contributed by atoms with van der Waals surface area (Å²) in [5, 5.41) is 3.35. The Kier molecular flexibility index (Phi) is 3.63. The number of para-hydroxylation sites is 1. The first-order valence-corrected chi connectivity index (χ1v) is 6.22. The van der Waals surface area contributed by atoms with Crippen molar-refractivity contribution in [3.8, 4) is 0 Å². The summed E-state index contributed by atoms with van der Waals surface area (Å²) in [4.78, 5) is 0.405. The molecular weight excluding hydrogens is 240 g/mol. The number of aryl methyl sites for hydroxylation is 2. The Bertz CT molecular complexity index is 591. The number of thiocarbonyl (C=S) groups is 1. The van der Waals surface area contributed by atoms with Crippen LogP contribution in [0.2, 0.25) is 0 Å². The molecule has 0 aliphatic carbocycles. The van der Waals surface area contributed by atoms with Gasteiger partial charge < -0.3 is 11.1 Å². The van der Waals surface area contributed by atoms with Crippen molar-refractivity contribution >= 4 is 28.6 Å². The monoisotopic (exact) mass is 256 g/mol. The fraction of sp³-hybridized carbons (Fsp3) is 0.133. The number of nitrogens with two attached hydrogens (primary N) is 1. The van der Waals surface area contributed by atoms with Crippen LogP contribution in [0.25, 0.3) is 0 Å². The SMILES string of the molecule is Cc1ccc(Nc2ccccc2C(N)=S)cc1C. The Morgan fingerprint density at radius 1 is 1.06 bits per heavy atom. The van der Waals surface area contributed by atoms with Gasteiger partial charge in [-0.1, -0.05) is 30.4 Å². The highest BCUT2D eigenvalue weighted by atomic mass is 32.1. The highest BCUT2D eigenvalue weighted by Crippen LogP contribution is 2.22. The fourth-order valence-corrected chi connectivity index (χ4v) is 1.96. The molecule has 92 valence electrons. The molecule has 0 spiro atoms. The van der Waals surface area contributed by atoms with E-state index in [1.165, 1.54) is 11.1 Å². The zero-order chi connectivity index (χ0) is 13.1. The van der Waals surface area contributed by atoms with E-state index in [0.717, 1.165) is 16.9 Å². The van der Waals surface area contributed by atoms with E-state index >= 15 is 0 Å². The van der Waals surface area contributed by atoms with Gasteiger partial charge in [0.05, 0.1) is 0 Å². The van der Waals surface area contributed by atoms with Gasteiger partial charge in [-0.2, -0.15) is 0 Å². The molecule has 0 saturated carbocycles. The summed E-state index contributed by atoms with van der Waals surface area (Å²) >= 11 is 5.05. The number of nitrogens with one attached hydrogen (secondary N) is 1. The van der Waals surface area contributed by atoms with Crippen LogP contribution in [0.1, 0.15) is 16.7 Å². The molecule has 0 fully saturated rings. The standard InChI is InChI=1S/C15H16N2S/c1-10-7-8-12(9-11(10)2)17-14-6-4-3-5-13(14)15(16)18/h3-9,17H,1-2H3,(H2,16,18). The van der Waals surface area contributed by atoms with Crippen LogP contribution in [-0.4, -0.2) is 4.99 Å². The van der Waals surface area contributed by atoms with E-state index in [-0.39, 0.29) is 0 Å². The molecule has 2 aromatic rings. The van der Waals surface area contributed by atoms with Gasteiger partial charge in [0.15, 0.2) is 0 Å². The first-order valence-electron chi connectivity index (χ1n) is 5.81. The van der Waals surface area contributed by atoms with Gasteiger partial charge >= 0.3 is 0 Å². The first kappa shape index (κ1) is 12.6. The third-order valence-corrected chi connectivity index (χ3v) is 3.20. The molecule has 0 amide bonds. The number of hydrogen-bond donors (Lipinski definition) is 2. The van der Waals surface area contributed by atoms with Crippen molar-refractivity contribution in [3.63, 3.8) is 0 Å². The third-order valence-electron chi connectivity index (χ3n) is 2.98. The summed E-state index contributed by atoms with van der Waals surface area (Å²) in [7, 11) is 0. The second-order valence-corrected chi connectivity index (χ2v) is 4.77. The predicted octanol–water partition coefficient (Wildman–Crippen LogP) is 3.68. The van der Waals surface area contributed by atoms with Crippen LogP contribution in [0.5, 0.6) is 0 Å². The van der Waals surface area contributed by atoms with Crippen LogP contribution >= 0.6 is 12.2 Å². The smallest absolute Gasteiger partial charge is 0.106 e. The van der Waals surface area contributed by atoms with E-state index in [2.05, 4.69) is 37.4 Å². The molecular formula is C15H16N2S. The van der Waals surface area contributed by atoms with E-state index in [1.54, 1.807) is 0 Å². The van der Waals surface area contributed by atoms with E-state index in [0.29, 0.717) is 4.99 Å². The molecule has 0 saturated heterocycles. The Morgan fingerprint density at radius 2 is 1.78 bits per heavy atom. The minimum absolute atomic E-state index is 0.405. The first-order chi connectivity index (χ1) is 8.58. The molecule has 3 N–H and O–H groups in total. The second kappa shape index (κ2) is 5.19. The van der Waals surface area contributed by atoms with Crippen LogP contribution in [0, 0.1) is 13.8 Å². The van der Waals surface area contributed by atoms with Crippen molar-refractivity contribution in [1.29, 1.82) is 0 Å². The van der Waals surface area contributed by atoms with Gasteiger partial charge in [-0.15, -0.1) is 0 Å². The zero-order valence-electron chi connectivity index (χ0n) is 10.5. The molecule has 3 heteroatoms. The molecule has 0 aliphatic heterocycles. The van der Waals surface area contributed by atoms with E-state index in [9.17, 15) is 0 Å². The number of hydrogen-bond acceptors (Lipinski definition) is 2. The third kappa shape index (κ3) is 2.68. The zero-order valence-corrected chi connectivity index (χ0v) is 11.3. The van der Waals surface area contributed by atoms with Crippen molar-refractivity contribution in [2.45, 2.75) is 13.8 Å². The largest absolute Gasteiger partial charge is 0.389 e. The minimum Gasteiger partial charge on any atom is -0.389 e. The van der Waals surface area contributed by atoms with Gasteiger partial charge in [0.25, 0.3) is 0 Å². The second-order valence-electron chi connectivity index (χ2n) is 4.33. The van der Waals surface area contributed by atoms with Crippen LogP contribution in [0.4, 0.5) is 11.4 Å². The van der Waals surface area contributed by atoms with Gasteiger partial charge in [-0.05, 0) is 49.2 Å². The van der Waals surface area contributed by atoms with Gasteiger partial charge in [-0.25, -0.2) is 0 Å². The van der Waals surface area contributed by atoms with E-state index < -0.39 is 0 Å². The van der Waals surface area contributed by atoms with Gasteiger partial charge in [0.1, 0.15) is 4.99 Å². The average Bonchev–Trinajstić information content (AvgIpc) is 2.34. The Morgan fingerprint density at radius 3 is 2.44 bits per heavy atom. The maximum absolute atomic E-state index is 5.71. The predicted molar refractivity (Wildman–Crippen MR) is 81.5 cm³/mol. The number of anilines is 2. The molecule has 2 nitrogen and oxygen atoms in total. The molecule has 18 heavy (non-hydrogen) atoms. The maximum Gasteiger partial charge on any atom is 0.106 e. The summed E-state index contributed by atoms with van der Waals surface area (Å²) in [6, 6.07) is 14.1. The van der Waals surface area contributed by atoms with Gasteiger partial charge in [0, 0.05) is 16.9 Å². The summed E-state index contributed by atoms with van der Waals surface area (Å²) in [5.41, 5.74) is 11.1. The lowest BCUT2D eigenvalue weighted by Crippen LogP contribution is -2.11. The highest BCUT2D eigenvalue weighted by molar-refractivity contribution is 7.80. The van der Waals surface area contributed by atoms with E-state index in [4.69, 9.17) is 18.0 Å². The molecule has 0 radical (unpaired) electrons. The van der Waals surface area contributed by atoms with Crippen LogP contribution in [0.3, 0.4) is 0 Å². The van der Waals surface area contributed by atoms with Crippen LogP contribution in [0.15, 0.2) is 42.5 Å². The Labute approximate surface area is 113 Å². The topological polar surface area (TPSA) is 38.0 Å². The lowest BCUT2D eigenvalue weighted by atomic mass is 10.1. The molecule has 0 bridgehead atoms. The lowest BCUT2D eigenvalue weighted by Gasteiger charge is -2.12. The van der Waals surface area contributed by atoms with Crippen molar-refractivity contribution in [1.82, 2.24) is 0 Å². The molecule has 0 aromatic heterocycles. The summed E-state index contributed by atoms with van der Waals surface area (Å²) in [6.45, 7) is 4.20. The Balaban J connectivity index is 2.34. The van der Waals surface area contributed by atoms with E-state index in [1.807, 2.05) is 24.3 Å². The molecule has 0 heterocycles. The molecule has 0 aliphatic rings. The quantitative estimate of drug-likeness (QED) is 0.823. The summed E-state index contributed by atoms with van der Waals surface area (Å²) < 4.78 is 0. The van der Waals surface area contributed by atoms with Crippen molar-refractivity contribution in [2.24, 2.45) is 5.73 Å². The molecule has 2 rings (SSSR count). The normalized spacial score (nSPS) is 10.1. The number of benzene rings is 2. The van der Waals surface area contributed by atoms with Gasteiger partial charge in [-0.3, -0.25) is 0 Å². The van der Waals surface area contributed by atoms with Crippen molar-refractivity contribution < 1.29 is 0 Å².